The molecule has 0 aromatic carbocycles. The summed E-state index contributed by atoms with van der Waals surface area (Å²) < 4.78 is 2.33. The molecule has 4 nitrogen and oxygen atoms in total. The minimum atomic E-state index is 0.814. The maximum absolute atomic E-state index is 4.77. The smallest absolute Gasteiger partial charge is 0.144 e. The number of allylic oxidation sites excluding steroid dienone is 1. The van der Waals surface area contributed by atoms with Gasteiger partial charge in [-0.2, -0.15) is 0 Å². The van der Waals surface area contributed by atoms with Gasteiger partial charge in [-0.1, -0.05) is 40.2 Å². The van der Waals surface area contributed by atoms with Crippen molar-refractivity contribution < 1.29 is 0 Å². The van der Waals surface area contributed by atoms with Gasteiger partial charge in [0.1, 0.15) is 10.7 Å². The van der Waals surface area contributed by atoms with Crippen LogP contribution in [0.1, 0.15) is 58.2 Å². The number of rotatable bonds is 6. The lowest BCUT2D eigenvalue weighted by Gasteiger charge is -2.09. The molecule has 0 unspecified atom stereocenters. The summed E-state index contributed by atoms with van der Waals surface area (Å²) in [6.07, 6.45) is 8.84. The highest BCUT2D eigenvalue weighted by Gasteiger charge is 2.16. The molecule has 0 aliphatic carbocycles. The zero-order chi connectivity index (χ0) is 19.8. The van der Waals surface area contributed by atoms with Crippen molar-refractivity contribution in [3.63, 3.8) is 0 Å². The van der Waals surface area contributed by atoms with E-state index in [2.05, 4.69) is 67.2 Å². The Balaban J connectivity index is 0.000000596. The molecule has 0 fully saturated rings. The lowest BCUT2D eigenvalue weighted by atomic mass is 10.1. The molecule has 0 atom stereocenters. The van der Waals surface area contributed by atoms with Crippen molar-refractivity contribution >= 4 is 16.9 Å². The maximum Gasteiger partial charge on any atom is 0.144 e. The monoisotopic (exact) mass is 382 g/mol. The Bertz CT molecular complexity index is 860. The number of unbranched alkanes of at least 4 members (excludes halogenated alkanes) is 1. The highest BCUT2D eigenvalue weighted by molar-refractivity contribution is 7.13. The van der Waals surface area contributed by atoms with Gasteiger partial charge in [0.15, 0.2) is 0 Å². The topological polar surface area (TPSA) is 43.6 Å². The first-order valence-electron chi connectivity index (χ1n) is 9.61. The highest BCUT2D eigenvalue weighted by atomic mass is 32.1. The van der Waals surface area contributed by atoms with Crippen molar-refractivity contribution in [1.29, 1.82) is 0 Å². The van der Waals surface area contributed by atoms with E-state index in [1.807, 2.05) is 0 Å². The number of nitrogens with zero attached hydrogens (tertiary/aromatic N) is 4. The molecule has 3 heterocycles. The van der Waals surface area contributed by atoms with E-state index in [4.69, 9.17) is 4.98 Å². The van der Waals surface area contributed by atoms with Crippen molar-refractivity contribution in [2.45, 2.75) is 60.4 Å². The molecule has 3 aromatic heterocycles. The minimum Gasteiger partial charge on any atom is -0.343 e. The number of hydrogen-bond donors (Lipinski definition) is 0. The van der Waals surface area contributed by atoms with Crippen molar-refractivity contribution in [3.8, 4) is 22.1 Å². The van der Waals surface area contributed by atoms with Gasteiger partial charge < -0.3 is 4.57 Å². The SMILES string of the molecule is C=C(C)c1cc(-c2csc(-c3cnccn3)n2)n(CCC)c1C.CCCC. The van der Waals surface area contributed by atoms with E-state index < -0.39 is 0 Å². The molecule has 0 N–H and O–H groups in total. The fourth-order valence-electron chi connectivity index (χ4n) is 2.72. The van der Waals surface area contributed by atoms with Crippen LogP contribution in [0.15, 0.2) is 36.6 Å². The summed E-state index contributed by atoms with van der Waals surface area (Å²) in [5, 5.41) is 2.99. The third-order valence-electron chi connectivity index (χ3n) is 4.32. The zero-order valence-corrected chi connectivity index (χ0v) is 17.9. The number of thiazole rings is 1. The molecule has 0 radical (unpaired) electrons. The van der Waals surface area contributed by atoms with Gasteiger partial charge >= 0.3 is 0 Å². The first kappa shape index (κ1) is 21.0. The molecule has 0 amide bonds. The van der Waals surface area contributed by atoms with Gasteiger partial charge in [-0.15, -0.1) is 11.3 Å². The molecule has 27 heavy (non-hydrogen) atoms. The lowest BCUT2D eigenvalue weighted by Crippen LogP contribution is -2.02. The van der Waals surface area contributed by atoms with E-state index in [9.17, 15) is 0 Å². The average molecular weight is 383 g/mol. The Morgan fingerprint density at radius 1 is 1.11 bits per heavy atom. The molecule has 3 aromatic rings. The maximum atomic E-state index is 4.77. The molecule has 0 aliphatic rings. The van der Waals surface area contributed by atoms with Crippen molar-refractivity contribution in [3.05, 3.63) is 47.9 Å². The summed E-state index contributed by atoms with van der Waals surface area (Å²) in [7, 11) is 0. The molecule has 0 saturated heterocycles. The van der Waals surface area contributed by atoms with Gasteiger partial charge in [0.2, 0.25) is 0 Å². The standard InChI is InChI=1S/C18H20N4S.C4H10/c1-5-8-22-13(4)14(12(2)3)9-17(22)16-11-23-18(21-16)15-10-19-6-7-20-15;1-3-4-2/h6-7,9-11H,2,5,8H2,1,3-4H3;3-4H2,1-2H3. The molecule has 0 aliphatic heterocycles. The number of aromatic nitrogens is 4. The van der Waals surface area contributed by atoms with Crippen LogP contribution < -0.4 is 0 Å². The van der Waals surface area contributed by atoms with Crippen LogP contribution in [0, 0.1) is 6.92 Å². The molecular weight excluding hydrogens is 352 g/mol. The second-order valence-electron chi connectivity index (χ2n) is 6.59. The molecular formula is C22H30N4S. The zero-order valence-electron chi connectivity index (χ0n) is 17.1. The predicted octanol–water partition coefficient (Wildman–Crippen LogP) is 6.63. The summed E-state index contributed by atoms with van der Waals surface area (Å²) in [4.78, 5) is 13.2. The van der Waals surface area contributed by atoms with E-state index in [1.165, 1.54) is 24.1 Å². The Kier molecular flexibility index (Phi) is 7.92. The number of hydrogen-bond acceptors (Lipinski definition) is 4. The van der Waals surface area contributed by atoms with Crippen molar-refractivity contribution in [1.82, 2.24) is 19.5 Å². The van der Waals surface area contributed by atoms with E-state index in [1.54, 1.807) is 29.9 Å². The molecule has 0 spiro atoms. The van der Waals surface area contributed by atoms with E-state index in [0.717, 1.165) is 40.6 Å². The normalized spacial score (nSPS) is 10.4. The van der Waals surface area contributed by atoms with Gasteiger partial charge in [0.25, 0.3) is 0 Å². The first-order chi connectivity index (χ1) is 13.0. The summed E-state index contributed by atoms with van der Waals surface area (Å²) >= 11 is 1.60. The van der Waals surface area contributed by atoms with Gasteiger partial charge in [0, 0.05) is 30.0 Å². The van der Waals surface area contributed by atoms with E-state index in [-0.39, 0.29) is 0 Å². The van der Waals surface area contributed by atoms with Gasteiger partial charge in [-0.3, -0.25) is 9.97 Å². The summed E-state index contributed by atoms with van der Waals surface area (Å²) in [6, 6.07) is 2.20. The highest BCUT2D eigenvalue weighted by Crippen LogP contribution is 2.32. The first-order valence-corrected chi connectivity index (χ1v) is 10.5. The van der Waals surface area contributed by atoms with Crippen LogP contribution >= 0.6 is 11.3 Å². The molecule has 0 bridgehead atoms. The Morgan fingerprint density at radius 3 is 2.41 bits per heavy atom. The summed E-state index contributed by atoms with van der Waals surface area (Å²) in [6.45, 7) is 15.8. The van der Waals surface area contributed by atoms with Crippen LogP contribution in [-0.2, 0) is 6.54 Å². The van der Waals surface area contributed by atoms with Crippen LogP contribution in [0.4, 0.5) is 0 Å². The fraction of sp³-hybridized carbons (Fsp3) is 0.409. The van der Waals surface area contributed by atoms with E-state index in [0.29, 0.717) is 0 Å². The Labute approximate surface area is 167 Å². The third-order valence-corrected chi connectivity index (χ3v) is 5.19. The van der Waals surface area contributed by atoms with Crippen LogP contribution in [0.5, 0.6) is 0 Å². The molecule has 144 valence electrons. The molecule has 5 heteroatoms. The van der Waals surface area contributed by atoms with Crippen molar-refractivity contribution in [2.75, 3.05) is 0 Å². The molecule has 3 rings (SSSR count). The van der Waals surface area contributed by atoms with Crippen LogP contribution in [0.2, 0.25) is 0 Å². The summed E-state index contributed by atoms with van der Waals surface area (Å²) in [5.41, 5.74) is 6.50. The van der Waals surface area contributed by atoms with Crippen LogP contribution in [-0.4, -0.2) is 19.5 Å². The van der Waals surface area contributed by atoms with Gasteiger partial charge in [-0.25, -0.2) is 4.98 Å². The Hall–Kier alpha value is -2.27. The van der Waals surface area contributed by atoms with Crippen LogP contribution in [0.25, 0.3) is 27.7 Å². The fourth-order valence-corrected chi connectivity index (χ4v) is 3.49. The molecule has 0 saturated carbocycles. The quantitative estimate of drug-likeness (QED) is 0.481. The van der Waals surface area contributed by atoms with Crippen molar-refractivity contribution in [2.24, 2.45) is 0 Å². The Morgan fingerprint density at radius 2 is 1.85 bits per heavy atom. The largest absolute Gasteiger partial charge is 0.343 e. The van der Waals surface area contributed by atoms with Gasteiger partial charge in [-0.05, 0) is 37.5 Å². The lowest BCUT2D eigenvalue weighted by molar-refractivity contribution is 0.670. The second kappa shape index (κ2) is 10.2. The van der Waals surface area contributed by atoms with E-state index >= 15 is 0 Å². The predicted molar refractivity (Wildman–Crippen MR) is 117 cm³/mol. The minimum absolute atomic E-state index is 0.814. The average Bonchev–Trinajstić information content (AvgIpc) is 3.29. The van der Waals surface area contributed by atoms with Gasteiger partial charge in [0.05, 0.1) is 17.6 Å². The third kappa shape index (κ3) is 5.13. The summed E-state index contributed by atoms with van der Waals surface area (Å²) in [5.74, 6) is 0. The second-order valence-corrected chi connectivity index (χ2v) is 7.45. The van der Waals surface area contributed by atoms with Crippen LogP contribution in [0.3, 0.4) is 0 Å².